The first-order valence-electron chi connectivity index (χ1n) is 9.51. The molecule has 0 unspecified atom stereocenters. The van der Waals surface area contributed by atoms with Crippen molar-refractivity contribution in [2.24, 2.45) is 0 Å². The smallest absolute Gasteiger partial charge is 0.266 e. The summed E-state index contributed by atoms with van der Waals surface area (Å²) in [6, 6.07) is 20.3. The van der Waals surface area contributed by atoms with Crippen molar-refractivity contribution in [2.75, 3.05) is 12.1 Å². The van der Waals surface area contributed by atoms with Crippen LogP contribution >= 0.6 is 38.5 Å². The van der Waals surface area contributed by atoms with E-state index >= 15 is 0 Å². The van der Waals surface area contributed by atoms with E-state index in [1.54, 1.807) is 24.3 Å². The third-order valence-electron chi connectivity index (χ3n) is 4.57. The molecule has 1 amide bonds. The SMILES string of the molecule is N#C/C(=C/c1ccc(OCc2ccc3c(c2)OCO3)c(I)c1)C(=O)Nc1ccc(Br)cc1. The molecule has 6 nitrogen and oxygen atoms in total. The van der Waals surface area contributed by atoms with Gasteiger partial charge in [0.25, 0.3) is 5.91 Å². The summed E-state index contributed by atoms with van der Waals surface area (Å²) in [6.45, 7) is 0.610. The Bertz CT molecular complexity index is 1240. The van der Waals surface area contributed by atoms with Gasteiger partial charge in [0, 0.05) is 10.2 Å². The van der Waals surface area contributed by atoms with E-state index in [1.165, 1.54) is 0 Å². The van der Waals surface area contributed by atoms with Crippen LogP contribution < -0.4 is 19.5 Å². The van der Waals surface area contributed by atoms with Gasteiger partial charge in [-0.05, 0) is 88.3 Å². The van der Waals surface area contributed by atoms with E-state index in [2.05, 4.69) is 43.8 Å². The van der Waals surface area contributed by atoms with Gasteiger partial charge in [-0.3, -0.25) is 4.79 Å². The van der Waals surface area contributed by atoms with E-state index in [1.807, 2.05) is 48.5 Å². The van der Waals surface area contributed by atoms with Crippen molar-refractivity contribution < 1.29 is 19.0 Å². The minimum Gasteiger partial charge on any atom is -0.488 e. The van der Waals surface area contributed by atoms with Crippen LogP contribution in [0.3, 0.4) is 0 Å². The Morgan fingerprint density at radius 1 is 1.12 bits per heavy atom. The molecule has 0 saturated heterocycles. The summed E-state index contributed by atoms with van der Waals surface area (Å²) in [7, 11) is 0. The monoisotopic (exact) mass is 602 g/mol. The topological polar surface area (TPSA) is 80.6 Å². The molecule has 0 saturated carbocycles. The Labute approximate surface area is 207 Å². The highest BCUT2D eigenvalue weighted by molar-refractivity contribution is 14.1. The highest BCUT2D eigenvalue weighted by Gasteiger charge is 2.14. The molecule has 3 aromatic carbocycles. The Kier molecular flexibility index (Phi) is 6.97. The van der Waals surface area contributed by atoms with Gasteiger partial charge in [-0.15, -0.1) is 0 Å². The quantitative estimate of drug-likeness (QED) is 0.216. The molecular weight excluding hydrogens is 587 g/mol. The Morgan fingerprint density at radius 3 is 2.66 bits per heavy atom. The molecule has 0 spiro atoms. The fourth-order valence-electron chi connectivity index (χ4n) is 2.96. The van der Waals surface area contributed by atoms with Crippen LogP contribution in [0.4, 0.5) is 5.69 Å². The first-order valence-corrected chi connectivity index (χ1v) is 11.4. The third-order valence-corrected chi connectivity index (χ3v) is 5.94. The van der Waals surface area contributed by atoms with Crippen molar-refractivity contribution >= 4 is 56.2 Å². The summed E-state index contributed by atoms with van der Waals surface area (Å²) >= 11 is 5.52. The molecule has 0 aromatic heterocycles. The number of carbonyl (C=O) groups is 1. The number of nitrogens with one attached hydrogen (secondary N) is 1. The zero-order chi connectivity index (χ0) is 22.5. The van der Waals surface area contributed by atoms with Crippen LogP contribution in [0.1, 0.15) is 11.1 Å². The molecule has 1 N–H and O–H groups in total. The minimum absolute atomic E-state index is 0.0118. The lowest BCUT2D eigenvalue weighted by Crippen LogP contribution is -2.13. The van der Waals surface area contributed by atoms with Crippen LogP contribution in [0.15, 0.2) is 70.7 Å². The first kappa shape index (κ1) is 22.2. The predicted molar refractivity (Wildman–Crippen MR) is 132 cm³/mol. The zero-order valence-corrected chi connectivity index (χ0v) is 20.3. The number of hydrogen-bond acceptors (Lipinski definition) is 5. The highest BCUT2D eigenvalue weighted by Crippen LogP contribution is 2.33. The van der Waals surface area contributed by atoms with Crippen LogP contribution in [-0.2, 0) is 11.4 Å². The molecule has 4 rings (SSSR count). The molecular formula is C24H16BrIN2O4. The molecule has 1 aliphatic rings. The van der Waals surface area contributed by atoms with Gasteiger partial charge in [0.05, 0.1) is 3.57 Å². The molecule has 0 radical (unpaired) electrons. The Morgan fingerprint density at radius 2 is 1.91 bits per heavy atom. The number of halogens is 2. The summed E-state index contributed by atoms with van der Waals surface area (Å²) in [6.07, 6.45) is 1.55. The average Bonchev–Trinajstić information content (AvgIpc) is 3.26. The third kappa shape index (κ3) is 5.41. The van der Waals surface area contributed by atoms with Crippen molar-refractivity contribution in [3.05, 3.63) is 85.4 Å². The molecule has 0 aliphatic carbocycles. The van der Waals surface area contributed by atoms with Gasteiger partial charge in [-0.2, -0.15) is 5.26 Å². The second-order valence-electron chi connectivity index (χ2n) is 6.80. The van der Waals surface area contributed by atoms with Gasteiger partial charge in [0.2, 0.25) is 6.79 Å². The number of hydrogen-bond donors (Lipinski definition) is 1. The number of nitriles is 1. The predicted octanol–water partition coefficient (Wildman–Crippen LogP) is 5.91. The lowest BCUT2D eigenvalue weighted by Gasteiger charge is -2.10. The van der Waals surface area contributed by atoms with Gasteiger partial charge >= 0.3 is 0 Å². The van der Waals surface area contributed by atoms with Crippen molar-refractivity contribution in [1.82, 2.24) is 0 Å². The second kappa shape index (κ2) is 10.1. The van der Waals surface area contributed by atoms with Crippen LogP contribution in [0, 0.1) is 14.9 Å². The summed E-state index contributed by atoms with van der Waals surface area (Å²) in [5.41, 5.74) is 2.32. The molecule has 1 heterocycles. The molecule has 160 valence electrons. The number of rotatable bonds is 6. The van der Waals surface area contributed by atoms with Gasteiger partial charge in [-0.1, -0.05) is 28.1 Å². The summed E-state index contributed by atoms with van der Waals surface area (Å²) in [5.74, 6) is 1.69. The van der Waals surface area contributed by atoms with Gasteiger partial charge in [-0.25, -0.2) is 0 Å². The van der Waals surface area contributed by atoms with E-state index in [0.29, 0.717) is 23.8 Å². The molecule has 3 aromatic rings. The highest BCUT2D eigenvalue weighted by atomic mass is 127. The van der Waals surface area contributed by atoms with Gasteiger partial charge in [0.15, 0.2) is 11.5 Å². The number of ether oxygens (including phenoxy) is 3. The van der Waals surface area contributed by atoms with E-state index in [4.69, 9.17) is 14.2 Å². The standard InChI is InChI=1S/C24H16BrIN2O4/c25-18-3-5-19(6-4-18)28-24(29)17(12-27)9-15-1-7-21(20(26)10-15)30-13-16-2-8-22-23(11-16)32-14-31-22/h1-11H,13-14H2,(H,28,29)/b17-9-. The number of carbonyl (C=O) groups excluding carboxylic acids is 1. The van der Waals surface area contributed by atoms with E-state index in [9.17, 15) is 10.1 Å². The molecule has 0 fully saturated rings. The maximum absolute atomic E-state index is 12.5. The Balaban J connectivity index is 1.43. The molecule has 32 heavy (non-hydrogen) atoms. The number of amides is 1. The minimum atomic E-state index is -0.465. The van der Waals surface area contributed by atoms with Crippen molar-refractivity contribution in [1.29, 1.82) is 5.26 Å². The first-order chi connectivity index (χ1) is 15.5. The normalized spacial score (nSPS) is 12.2. The van der Waals surface area contributed by atoms with E-state index in [-0.39, 0.29) is 12.4 Å². The fraction of sp³-hybridized carbons (Fsp3) is 0.0833. The van der Waals surface area contributed by atoms with Gasteiger partial charge in [0.1, 0.15) is 24.0 Å². The largest absolute Gasteiger partial charge is 0.488 e. The van der Waals surface area contributed by atoms with Crippen LogP contribution in [0.2, 0.25) is 0 Å². The number of fused-ring (bicyclic) bond motifs is 1. The molecule has 8 heteroatoms. The molecule has 1 aliphatic heterocycles. The van der Waals surface area contributed by atoms with Gasteiger partial charge < -0.3 is 19.5 Å². The molecule has 0 bridgehead atoms. The second-order valence-corrected chi connectivity index (χ2v) is 8.87. The maximum Gasteiger partial charge on any atom is 0.266 e. The lowest BCUT2D eigenvalue weighted by atomic mass is 10.1. The fourth-order valence-corrected chi connectivity index (χ4v) is 3.92. The van der Waals surface area contributed by atoms with Crippen molar-refractivity contribution in [3.63, 3.8) is 0 Å². The van der Waals surface area contributed by atoms with Crippen LogP contribution in [0.5, 0.6) is 17.2 Å². The summed E-state index contributed by atoms with van der Waals surface area (Å²) < 4.78 is 18.4. The maximum atomic E-state index is 12.5. The number of nitrogens with zero attached hydrogens (tertiary/aromatic N) is 1. The lowest BCUT2D eigenvalue weighted by molar-refractivity contribution is -0.112. The average molecular weight is 603 g/mol. The Hall–Kier alpha value is -3.03. The van der Waals surface area contributed by atoms with E-state index in [0.717, 1.165) is 24.9 Å². The number of benzene rings is 3. The summed E-state index contributed by atoms with van der Waals surface area (Å²) in [5, 5.41) is 12.2. The summed E-state index contributed by atoms with van der Waals surface area (Å²) in [4.78, 5) is 12.5. The van der Waals surface area contributed by atoms with Crippen LogP contribution in [-0.4, -0.2) is 12.7 Å². The number of anilines is 1. The molecule has 0 atom stereocenters. The van der Waals surface area contributed by atoms with Crippen LogP contribution in [0.25, 0.3) is 6.08 Å². The van der Waals surface area contributed by atoms with Crippen molar-refractivity contribution in [3.8, 4) is 23.3 Å². The van der Waals surface area contributed by atoms with E-state index < -0.39 is 5.91 Å². The van der Waals surface area contributed by atoms with Crippen molar-refractivity contribution in [2.45, 2.75) is 6.61 Å². The zero-order valence-electron chi connectivity index (χ0n) is 16.6.